The number of amides is 1. The zero-order valence-corrected chi connectivity index (χ0v) is 16.1. The fourth-order valence-corrected chi connectivity index (χ4v) is 2.34. The van der Waals surface area contributed by atoms with Crippen LogP contribution in [-0.2, 0) is 11.3 Å². The number of nitrogens with two attached hydrogens (primary N) is 1. The summed E-state index contributed by atoms with van der Waals surface area (Å²) in [6.45, 7) is 7.95. The first-order valence-corrected chi connectivity index (χ1v) is 8.71. The quantitative estimate of drug-likeness (QED) is 0.443. The average molecular weight is 367 g/mol. The molecule has 1 amide bonds. The Hall–Kier alpha value is -3.29. The molecule has 3 N–H and O–H groups in total. The van der Waals surface area contributed by atoms with Gasteiger partial charge < -0.3 is 11.1 Å². The largest absolute Gasteiger partial charge is 0.383 e. The number of nitrogens with zero attached hydrogens (tertiary/aromatic N) is 5. The molecule has 2 aromatic rings. The molecule has 0 spiro atoms. The highest BCUT2D eigenvalue weighted by atomic mass is 16.1. The number of hydrogen-bond donors (Lipinski definition) is 2. The second-order valence-electron chi connectivity index (χ2n) is 6.11. The second-order valence-corrected chi connectivity index (χ2v) is 6.11. The van der Waals surface area contributed by atoms with Gasteiger partial charge in [0, 0.05) is 6.20 Å². The van der Waals surface area contributed by atoms with Crippen molar-refractivity contribution in [1.29, 1.82) is 0 Å². The van der Waals surface area contributed by atoms with Crippen LogP contribution in [0.2, 0.25) is 0 Å². The molecule has 0 fully saturated rings. The number of amidine groups is 1. The van der Waals surface area contributed by atoms with Gasteiger partial charge in [-0.2, -0.15) is 10.2 Å². The first kappa shape index (κ1) is 20.0. The third-order valence-corrected chi connectivity index (χ3v) is 3.74. The van der Waals surface area contributed by atoms with Gasteiger partial charge >= 0.3 is 0 Å². The summed E-state index contributed by atoms with van der Waals surface area (Å²) in [5.41, 5.74) is 9.16. The van der Waals surface area contributed by atoms with E-state index < -0.39 is 0 Å². The van der Waals surface area contributed by atoms with Crippen LogP contribution in [0.1, 0.15) is 38.4 Å². The summed E-state index contributed by atoms with van der Waals surface area (Å²) in [5.74, 6) is 0.290. The van der Waals surface area contributed by atoms with E-state index in [0.29, 0.717) is 24.4 Å². The summed E-state index contributed by atoms with van der Waals surface area (Å²) in [6, 6.07) is 3.81. The Kier molecular flexibility index (Phi) is 6.99. The minimum absolute atomic E-state index is 0.112. The van der Waals surface area contributed by atoms with Gasteiger partial charge in [0.2, 0.25) is 0 Å². The molecule has 27 heavy (non-hydrogen) atoms. The van der Waals surface area contributed by atoms with Gasteiger partial charge in [-0.05, 0) is 44.4 Å². The van der Waals surface area contributed by atoms with E-state index in [1.54, 1.807) is 24.7 Å². The third kappa shape index (κ3) is 5.34. The molecule has 2 rings (SSSR count). The minimum Gasteiger partial charge on any atom is -0.383 e. The predicted octanol–water partition coefficient (Wildman–Crippen LogP) is 2.20. The Morgan fingerprint density at radius 2 is 2.00 bits per heavy atom. The van der Waals surface area contributed by atoms with Crippen molar-refractivity contribution in [2.45, 2.75) is 40.7 Å². The lowest BCUT2D eigenvalue weighted by Crippen LogP contribution is -2.32. The number of rotatable bonds is 7. The van der Waals surface area contributed by atoms with E-state index in [1.807, 2.05) is 39.8 Å². The lowest BCUT2D eigenvalue weighted by Gasteiger charge is -2.11. The summed E-state index contributed by atoms with van der Waals surface area (Å²) >= 11 is 0. The highest BCUT2D eigenvalue weighted by molar-refractivity contribution is 6.20. The molecule has 0 aliphatic rings. The smallest absolute Gasteiger partial charge is 0.255 e. The lowest BCUT2D eigenvalue weighted by molar-refractivity contribution is -0.117. The van der Waals surface area contributed by atoms with Crippen LogP contribution in [0.4, 0.5) is 0 Å². The van der Waals surface area contributed by atoms with Crippen molar-refractivity contribution in [1.82, 2.24) is 25.3 Å². The van der Waals surface area contributed by atoms with Gasteiger partial charge in [-0.25, -0.2) is 4.99 Å². The molecule has 0 bridgehead atoms. The monoisotopic (exact) mass is 367 g/mol. The maximum Gasteiger partial charge on any atom is 0.255 e. The zero-order valence-electron chi connectivity index (χ0n) is 16.1. The van der Waals surface area contributed by atoms with Crippen molar-refractivity contribution in [2.75, 3.05) is 0 Å². The van der Waals surface area contributed by atoms with E-state index in [0.717, 1.165) is 16.8 Å². The van der Waals surface area contributed by atoms with E-state index >= 15 is 0 Å². The van der Waals surface area contributed by atoms with Gasteiger partial charge in [-0.3, -0.25) is 9.78 Å². The summed E-state index contributed by atoms with van der Waals surface area (Å²) in [5, 5.41) is 11.0. The van der Waals surface area contributed by atoms with Crippen molar-refractivity contribution in [3.05, 3.63) is 59.2 Å². The van der Waals surface area contributed by atoms with Crippen LogP contribution in [0.25, 0.3) is 5.82 Å². The fraction of sp³-hybridized carbons (Fsp3) is 0.316. The molecule has 0 atom stereocenters. The second kappa shape index (κ2) is 9.42. The van der Waals surface area contributed by atoms with Crippen LogP contribution in [0.5, 0.6) is 0 Å². The van der Waals surface area contributed by atoms with Crippen LogP contribution < -0.4 is 11.1 Å². The fourth-order valence-electron chi connectivity index (χ4n) is 2.34. The molecule has 0 aliphatic carbocycles. The number of nitrogens with one attached hydrogen (secondary N) is 1. The zero-order chi connectivity index (χ0) is 19.8. The van der Waals surface area contributed by atoms with E-state index in [1.165, 1.54) is 4.80 Å². The van der Waals surface area contributed by atoms with Gasteiger partial charge in [0.15, 0.2) is 5.82 Å². The molecular formula is C19H25N7O. The van der Waals surface area contributed by atoms with Crippen LogP contribution in [0.15, 0.2) is 52.9 Å². The first-order chi connectivity index (χ1) is 12.9. The van der Waals surface area contributed by atoms with Crippen molar-refractivity contribution in [3.8, 4) is 0 Å². The molecule has 0 aromatic carbocycles. The number of aromatic nitrogens is 4. The van der Waals surface area contributed by atoms with Crippen molar-refractivity contribution >= 4 is 17.6 Å². The van der Waals surface area contributed by atoms with Crippen LogP contribution in [0, 0.1) is 6.92 Å². The molecule has 0 saturated carbocycles. The van der Waals surface area contributed by atoms with Gasteiger partial charge in [-0.15, -0.1) is 4.80 Å². The third-order valence-electron chi connectivity index (χ3n) is 3.74. The molecule has 0 aliphatic heterocycles. The number of allylic oxidation sites excluding steroid dienone is 2. The first-order valence-electron chi connectivity index (χ1n) is 8.71. The number of carbonyl (C=O) groups excluding carboxylic acids is 1. The molecule has 142 valence electrons. The Morgan fingerprint density at radius 1 is 1.30 bits per heavy atom. The molecule has 2 heterocycles. The van der Waals surface area contributed by atoms with Gasteiger partial charge in [-0.1, -0.05) is 19.1 Å². The Morgan fingerprint density at radius 3 is 2.59 bits per heavy atom. The van der Waals surface area contributed by atoms with Crippen molar-refractivity contribution < 1.29 is 4.79 Å². The molecular weight excluding hydrogens is 342 g/mol. The number of aryl methyl sites for hydroxylation is 1. The molecule has 8 nitrogen and oxygen atoms in total. The van der Waals surface area contributed by atoms with E-state index in [4.69, 9.17) is 5.73 Å². The van der Waals surface area contributed by atoms with E-state index in [2.05, 4.69) is 25.5 Å². The Bertz CT molecular complexity index is 875. The Balaban J connectivity index is 2.23. The topological polar surface area (TPSA) is 111 Å². The summed E-state index contributed by atoms with van der Waals surface area (Å²) in [4.78, 5) is 22.7. The summed E-state index contributed by atoms with van der Waals surface area (Å²) in [7, 11) is 0. The average Bonchev–Trinajstić information content (AvgIpc) is 3.17. The van der Waals surface area contributed by atoms with E-state index in [9.17, 15) is 4.79 Å². The maximum atomic E-state index is 12.7. The highest BCUT2D eigenvalue weighted by Gasteiger charge is 2.15. The van der Waals surface area contributed by atoms with Crippen molar-refractivity contribution in [2.24, 2.45) is 10.7 Å². The summed E-state index contributed by atoms with van der Waals surface area (Å²) < 4.78 is 0. The molecule has 0 radical (unpaired) electrons. The number of aliphatic imine (C=N–C) groups is 1. The van der Waals surface area contributed by atoms with Crippen LogP contribution in [-0.4, -0.2) is 31.7 Å². The van der Waals surface area contributed by atoms with E-state index in [-0.39, 0.29) is 11.7 Å². The van der Waals surface area contributed by atoms with Crippen molar-refractivity contribution in [3.63, 3.8) is 0 Å². The van der Waals surface area contributed by atoms with Crippen LogP contribution in [0.3, 0.4) is 0 Å². The molecule has 0 unspecified atom stereocenters. The normalized spacial score (nSPS) is 12.0. The van der Waals surface area contributed by atoms with Crippen LogP contribution >= 0.6 is 0 Å². The maximum absolute atomic E-state index is 12.7. The highest BCUT2D eigenvalue weighted by Crippen LogP contribution is 2.12. The lowest BCUT2D eigenvalue weighted by atomic mass is 10.1. The predicted molar refractivity (Wildman–Crippen MR) is 105 cm³/mol. The van der Waals surface area contributed by atoms with Gasteiger partial charge in [0.05, 0.1) is 30.2 Å². The number of carbonyl (C=O) groups is 1. The van der Waals surface area contributed by atoms with Gasteiger partial charge in [0.25, 0.3) is 5.91 Å². The number of pyridine rings is 1. The molecule has 0 saturated heterocycles. The molecule has 8 heteroatoms. The number of hydrogen-bond acceptors (Lipinski definition) is 5. The van der Waals surface area contributed by atoms with Gasteiger partial charge in [0.1, 0.15) is 5.84 Å². The minimum atomic E-state index is -0.301. The molecule has 2 aromatic heterocycles. The Labute approximate surface area is 158 Å². The standard InChI is InChI=1S/C19H25N7O/c1-5-7-15(19(27)22-12-16-14(4)8-6-9-21-16)17(20)25-18(13(2)3)26-23-10-11-24-26/h6-11H,5,12H2,1-4H3,(H2,20,25)(H,22,27)/b15-7-. The SMILES string of the molecule is CC/C=C(C(=O)NCc1ncccc1C)/C(N)=N\C(=C(C)C)n1nccn1. The summed E-state index contributed by atoms with van der Waals surface area (Å²) in [6.07, 6.45) is 7.20.